The lowest BCUT2D eigenvalue weighted by atomic mass is 9.62. The summed E-state index contributed by atoms with van der Waals surface area (Å²) in [6.07, 6.45) is 3.42. The number of rotatable bonds is 11. The lowest BCUT2D eigenvalue weighted by molar-refractivity contribution is -0.137. The molecule has 1 aromatic rings. The molecule has 3 rings (SSSR count). The fraction of sp³-hybridized carbons (Fsp3) is 0.514. The van der Waals surface area contributed by atoms with Crippen LogP contribution in [-0.4, -0.2) is 33.9 Å². The SMILES string of the molecule is CC(C)=CC[C@@]1(CC(CCC(C)C)=C(C)C)C(=O)C([C@H](CC(=O)O)c2ccccc2)=C(O)C2=C1O[C@H](C)[C@@H](C)C2=O. The summed E-state index contributed by atoms with van der Waals surface area (Å²) in [5, 5.41) is 21.7. The lowest BCUT2D eigenvalue weighted by Crippen LogP contribution is -2.47. The lowest BCUT2D eigenvalue weighted by Gasteiger charge is -2.45. The number of carboxylic acid groups (broad SMARTS) is 1. The topological polar surface area (TPSA) is 101 Å². The second-order valence-electron chi connectivity index (χ2n) is 12.6. The van der Waals surface area contributed by atoms with Gasteiger partial charge < -0.3 is 14.9 Å². The summed E-state index contributed by atoms with van der Waals surface area (Å²) in [7, 11) is 0. The van der Waals surface area contributed by atoms with Gasteiger partial charge in [0.15, 0.2) is 11.6 Å². The standard InChI is InChI=1S/C35H46O6/c1-20(2)14-15-26(22(5)6)19-35(17-16-21(3)4)33(40)29(27(18-28(36)37)25-12-10-9-11-13-25)32(39)30-31(38)23(7)24(8)41-34(30)35/h9-13,16,20,23-24,27,39H,14-15,17-19H2,1-8H3,(H,36,37)/t23-,24-,27-,35-/m1/s1. The summed E-state index contributed by atoms with van der Waals surface area (Å²) in [6, 6.07) is 8.90. The quantitative estimate of drug-likeness (QED) is 0.265. The molecule has 1 aromatic carbocycles. The summed E-state index contributed by atoms with van der Waals surface area (Å²) in [6.45, 7) is 15.9. The molecule has 41 heavy (non-hydrogen) atoms. The van der Waals surface area contributed by atoms with Crippen molar-refractivity contribution in [3.8, 4) is 0 Å². The van der Waals surface area contributed by atoms with Crippen LogP contribution in [0, 0.1) is 17.3 Å². The molecule has 2 aliphatic rings. The Hall–Kier alpha value is -3.41. The Balaban J connectivity index is 2.41. The number of carbonyl (C=O) groups is 3. The number of aliphatic hydroxyl groups is 1. The molecule has 6 heteroatoms. The first-order chi connectivity index (χ1) is 19.2. The highest BCUT2D eigenvalue weighted by Crippen LogP contribution is 2.54. The third kappa shape index (κ3) is 6.74. The summed E-state index contributed by atoms with van der Waals surface area (Å²) >= 11 is 0. The van der Waals surface area contributed by atoms with Gasteiger partial charge in [-0.15, -0.1) is 0 Å². The van der Waals surface area contributed by atoms with Crippen LogP contribution in [0.4, 0.5) is 0 Å². The molecule has 1 aliphatic heterocycles. The van der Waals surface area contributed by atoms with Gasteiger partial charge in [0.1, 0.15) is 17.6 Å². The van der Waals surface area contributed by atoms with Crippen molar-refractivity contribution in [1.82, 2.24) is 0 Å². The van der Waals surface area contributed by atoms with Gasteiger partial charge in [-0.25, -0.2) is 0 Å². The molecule has 4 atom stereocenters. The second-order valence-corrected chi connectivity index (χ2v) is 12.6. The van der Waals surface area contributed by atoms with E-state index in [1.54, 1.807) is 31.2 Å². The van der Waals surface area contributed by atoms with Crippen molar-refractivity contribution in [2.45, 2.75) is 99.5 Å². The van der Waals surface area contributed by atoms with Crippen LogP contribution in [0.1, 0.15) is 99.0 Å². The van der Waals surface area contributed by atoms with Crippen molar-refractivity contribution in [1.29, 1.82) is 0 Å². The molecule has 0 amide bonds. The third-order valence-electron chi connectivity index (χ3n) is 8.53. The van der Waals surface area contributed by atoms with Crippen LogP contribution >= 0.6 is 0 Å². The molecule has 1 aliphatic carbocycles. The number of aliphatic carboxylic acids is 1. The van der Waals surface area contributed by atoms with Crippen LogP contribution < -0.4 is 0 Å². The van der Waals surface area contributed by atoms with Gasteiger partial charge in [0.25, 0.3) is 0 Å². The summed E-state index contributed by atoms with van der Waals surface area (Å²) in [5.74, 6) is -3.00. The van der Waals surface area contributed by atoms with Crippen molar-refractivity contribution in [2.75, 3.05) is 0 Å². The van der Waals surface area contributed by atoms with Crippen molar-refractivity contribution in [2.24, 2.45) is 17.3 Å². The van der Waals surface area contributed by atoms with E-state index in [0.717, 1.165) is 29.6 Å². The minimum Gasteiger partial charge on any atom is -0.507 e. The van der Waals surface area contributed by atoms with Gasteiger partial charge >= 0.3 is 5.97 Å². The van der Waals surface area contributed by atoms with Gasteiger partial charge in [0, 0.05) is 11.5 Å². The Bertz CT molecular complexity index is 1300. The number of carbonyl (C=O) groups excluding carboxylic acids is 2. The Labute approximate surface area is 244 Å². The molecular weight excluding hydrogens is 516 g/mol. The minimum atomic E-state index is -1.30. The third-order valence-corrected chi connectivity index (χ3v) is 8.53. The molecule has 2 N–H and O–H groups in total. The highest BCUT2D eigenvalue weighted by Gasteiger charge is 2.56. The molecule has 0 unspecified atom stereocenters. The Kier molecular flexibility index (Phi) is 10.2. The van der Waals surface area contributed by atoms with Crippen LogP contribution in [0.15, 0.2) is 75.8 Å². The Morgan fingerprint density at radius 3 is 2.24 bits per heavy atom. The molecule has 0 spiro atoms. The van der Waals surface area contributed by atoms with E-state index in [1.165, 1.54) is 0 Å². The fourth-order valence-electron chi connectivity index (χ4n) is 5.79. The van der Waals surface area contributed by atoms with E-state index < -0.39 is 41.5 Å². The zero-order valence-electron chi connectivity index (χ0n) is 25.8. The number of allylic oxidation sites excluding steroid dienone is 7. The fourth-order valence-corrected chi connectivity index (χ4v) is 5.79. The molecule has 0 aromatic heterocycles. The summed E-state index contributed by atoms with van der Waals surface area (Å²) < 4.78 is 6.46. The second kappa shape index (κ2) is 13.1. The largest absolute Gasteiger partial charge is 0.507 e. The zero-order valence-corrected chi connectivity index (χ0v) is 25.8. The van der Waals surface area contributed by atoms with Gasteiger partial charge in [-0.05, 0) is 71.8 Å². The van der Waals surface area contributed by atoms with E-state index >= 15 is 4.79 Å². The number of hydrogen-bond acceptors (Lipinski definition) is 5. The van der Waals surface area contributed by atoms with Crippen molar-refractivity contribution in [3.63, 3.8) is 0 Å². The van der Waals surface area contributed by atoms with Crippen LogP contribution in [0.25, 0.3) is 0 Å². The number of benzene rings is 1. The maximum atomic E-state index is 15.0. The van der Waals surface area contributed by atoms with E-state index in [4.69, 9.17) is 4.74 Å². The number of Topliss-reactive ketones (excluding diaryl/α,β-unsaturated/α-hetero) is 2. The first-order valence-electron chi connectivity index (χ1n) is 14.7. The predicted molar refractivity (Wildman–Crippen MR) is 161 cm³/mol. The molecule has 0 radical (unpaired) electrons. The summed E-state index contributed by atoms with van der Waals surface area (Å²) in [4.78, 5) is 41.0. The highest BCUT2D eigenvalue weighted by molar-refractivity contribution is 6.13. The monoisotopic (exact) mass is 562 g/mol. The van der Waals surface area contributed by atoms with Gasteiger partial charge in [0.05, 0.1) is 23.3 Å². The number of carboxylic acids is 1. The minimum absolute atomic E-state index is 0.0184. The van der Waals surface area contributed by atoms with E-state index in [2.05, 4.69) is 13.8 Å². The number of ether oxygens (including phenoxy) is 1. The van der Waals surface area contributed by atoms with Gasteiger partial charge in [0.2, 0.25) is 0 Å². The average molecular weight is 563 g/mol. The number of aliphatic hydroxyl groups excluding tert-OH is 1. The van der Waals surface area contributed by atoms with Gasteiger partial charge in [-0.1, -0.05) is 73.9 Å². The molecule has 0 saturated heterocycles. The maximum absolute atomic E-state index is 15.0. The zero-order chi connectivity index (χ0) is 30.6. The molecule has 6 nitrogen and oxygen atoms in total. The van der Waals surface area contributed by atoms with Gasteiger partial charge in [-0.3, -0.25) is 14.4 Å². The first-order valence-corrected chi connectivity index (χ1v) is 14.7. The number of hydrogen-bond donors (Lipinski definition) is 2. The van der Waals surface area contributed by atoms with E-state index in [1.807, 2.05) is 46.8 Å². The van der Waals surface area contributed by atoms with Crippen LogP contribution in [-0.2, 0) is 19.1 Å². The Morgan fingerprint density at radius 1 is 1.07 bits per heavy atom. The molecular formula is C35H46O6. The first kappa shape index (κ1) is 32.1. The van der Waals surface area contributed by atoms with E-state index in [9.17, 15) is 19.8 Å². The van der Waals surface area contributed by atoms with Crippen LogP contribution in [0.2, 0.25) is 0 Å². The molecule has 0 saturated carbocycles. The van der Waals surface area contributed by atoms with E-state index in [-0.39, 0.29) is 34.9 Å². The van der Waals surface area contributed by atoms with Crippen molar-refractivity contribution < 1.29 is 29.3 Å². The maximum Gasteiger partial charge on any atom is 0.304 e. The van der Waals surface area contributed by atoms with Crippen molar-refractivity contribution in [3.05, 3.63) is 81.4 Å². The Morgan fingerprint density at radius 2 is 1.71 bits per heavy atom. The molecule has 0 bridgehead atoms. The molecule has 0 fully saturated rings. The van der Waals surface area contributed by atoms with Gasteiger partial charge in [-0.2, -0.15) is 0 Å². The highest BCUT2D eigenvalue weighted by atomic mass is 16.5. The van der Waals surface area contributed by atoms with E-state index in [0.29, 0.717) is 17.9 Å². The van der Waals surface area contributed by atoms with Crippen LogP contribution in [0.3, 0.4) is 0 Å². The number of ketones is 2. The van der Waals surface area contributed by atoms with Crippen molar-refractivity contribution >= 4 is 17.5 Å². The smallest absolute Gasteiger partial charge is 0.304 e. The average Bonchev–Trinajstić information content (AvgIpc) is 2.90. The summed E-state index contributed by atoms with van der Waals surface area (Å²) in [5.41, 5.74) is 2.52. The normalized spacial score (nSPS) is 23.2. The molecule has 222 valence electrons. The van der Waals surface area contributed by atoms with Crippen LogP contribution in [0.5, 0.6) is 0 Å². The predicted octanol–water partition coefficient (Wildman–Crippen LogP) is 8.02. The molecule has 1 heterocycles.